The predicted molar refractivity (Wildman–Crippen MR) is 165 cm³/mol. The Balaban J connectivity index is 1.69. The van der Waals surface area contributed by atoms with Gasteiger partial charge in [0.25, 0.3) is 0 Å². The van der Waals surface area contributed by atoms with Gasteiger partial charge < -0.3 is 20.4 Å². The van der Waals surface area contributed by atoms with Crippen molar-refractivity contribution in [2.45, 2.75) is 31.9 Å². The molecule has 0 radical (unpaired) electrons. The number of thiazole rings is 1. The van der Waals surface area contributed by atoms with E-state index in [2.05, 4.69) is 25.5 Å². The van der Waals surface area contributed by atoms with Crippen LogP contribution in [0.15, 0.2) is 52.8 Å². The normalized spacial score (nSPS) is 15.6. The first-order valence-electron chi connectivity index (χ1n) is 14.3. The van der Waals surface area contributed by atoms with Crippen molar-refractivity contribution in [3.05, 3.63) is 75.0 Å². The molecule has 236 valence electrons. The predicted octanol–water partition coefficient (Wildman–Crippen LogP) is 5.42. The summed E-state index contributed by atoms with van der Waals surface area (Å²) in [5.74, 6) is -1.34. The molecule has 5 rings (SSSR count). The minimum atomic E-state index is -4.67. The Hall–Kier alpha value is -4.40. The Morgan fingerprint density at radius 1 is 1.13 bits per heavy atom. The first-order chi connectivity index (χ1) is 21.5. The molecule has 0 saturated carbocycles. The Labute approximate surface area is 259 Å². The van der Waals surface area contributed by atoms with Gasteiger partial charge >= 0.3 is 18.2 Å². The number of likely N-dealkylation sites (tertiary alicyclic amines) is 1. The second-order valence-corrected chi connectivity index (χ2v) is 11.5. The average molecular weight is 642 g/mol. The Kier molecular flexibility index (Phi) is 9.46. The summed E-state index contributed by atoms with van der Waals surface area (Å²) in [5, 5.41) is 26.0. The van der Waals surface area contributed by atoms with Crippen LogP contribution in [0.5, 0.6) is 0 Å². The molecule has 1 saturated heterocycles. The van der Waals surface area contributed by atoms with Gasteiger partial charge in [0.2, 0.25) is 5.43 Å². The number of aromatic carboxylic acids is 1. The number of benzene rings is 1. The number of amides is 2. The number of β-amino-alcohol motifs (C(OH)–C–C–N with tert-alkyl or cyclic N) is 1. The van der Waals surface area contributed by atoms with E-state index in [4.69, 9.17) is 0 Å². The number of rotatable bonds is 8. The van der Waals surface area contributed by atoms with Crippen molar-refractivity contribution in [1.29, 1.82) is 0 Å². The molecule has 1 aliphatic heterocycles. The lowest BCUT2D eigenvalue weighted by Crippen LogP contribution is -2.36. The summed E-state index contributed by atoms with van der Waals surface area (Å²) in [7, 11) is 0. The number of nitrogens with one attached hydrogen (secondary N) is 2. The quantitative estimate of drug-likeness (QED) is 0.200. The fourth-order valence-electron chi connectivity index (χ4n) is 5.59. The van der Waals surface area contributed by atoms with E-state index >= 15 is 0 Å². The minimum absolute atomic E-state index is 0.00474. The van der Waals surface area contributed by atoms with Crippen LogP contribution in [-0.4, -0.2) is 69.9 Å². The molecule has 10 nitrogen and oxygen atoms in total. The van der Waals surface area contributed by atoms with Crippen LogP contribution in [0.2, 0.25) is 0 Å². The van der Waals surface area contributed by atoms with Crippen LogP contribution >= 0.6 is 11.3 Å². The number of halogens is 3. The van der Waals surface area contributed by atoms with Gasteiger partial charge in [-0.1, -0.05) is 18.2 Å². The molecular formula is C31H30F3N5O5S. The highest BCUT2D eigenvalue weighted by atomic mass is 32.1. The molecule has 2 amide bonds. The minimum Gasteiger partial charge on any atom is -0.478 e. The summed E-state index contributed by atoms with van der Waals surface area (Å²) in [6.45, 7) is 4.00. The maximum absolute atomic E-state index is 13.6. The number of carboxylic acid groups (broad SMARTS) is 1. The van der Waals surface area contributed by atoms with E-state index in [0.717, 1.165) is 41.7 Å². The van der Waals surface area contributed by atoms with E-state index < -0.39 is 34.9 Å². The number of pyridine rings is 1. The van der Waals surface area contributed by atoms with Crippen LogP contribution in [0, 0.1) is 0 Å². The number of carbonyl (C=O) groups is 2. The zero-order valence-corrected chi connectivity index (χ0v) is 25.0. The molecule has 4 N–H and O–H groups in total. The highest BCUT2D eigenvalue weighted by Crippen LogP contribution is 2.40. The SMILES string of the molecule is CCNC(=O)Nc1cc(-c2nc(C(F)(F)F)cs2)c(-c2ccc3c(C4CCCN(CCO)C4)ccc(C(=O)O)c(=O)c3c2)cn1. The smallest absolute Gasteiger partial charge is 0.434 e. The molecule has 1 unspecified atom stereocenters. The van der Waals surface area contributed by atoms with Crippen LogP contribution in [0.3, 0.4) is 0 Å². The van der Waals surface area contributed by atoms with Crippen LogP contribution in [0.1, 0.15) is 47.3 Å². The van der Waals surface area contributed by atoms with E-state index in [0.29, 0.717) is 36.1 Å². The number of alkyl halides is 3. The van der Waals surface area contributed by atoms with E-state index in [1.807, 2.05) is 0 Å². The number of urea groups is 1. The molecule has 0 aliphatic carbocycles. The van der Waals surface area contributed by atoms with Crippen LogP contribution in [0.25, 0.3) is 32.5 Å². The van der Waals surface area contributed by atoms with E-state index in [-0.39, 0.29) is 34.3 Å². The number of fused-ring (bicyclic) bond motifs is 1. The van der Waals surface area contributed by atoms with Crippen LogP contribution in [0.4, 0.5) is 23.8 Å². The molecule has 1 fully saturated rings. The van der Waals surface area contributed by atoms with Gasteiger partial charge in [0.15, 0.2) is 5.69 Å². The zero-order chi connectivity index (χ0) is 32.3. The number of carboxylic acids is 1. The summed E-state index contributed by atoms with van der Waals surface area (Å²) >= 11 is 0.764. The summed E-state index contributed by atoms with van der Waals surface area (Å²) in [4.78, 5) is 48.1. The van der Waals surface area contributed by atoms with Crippen molar-refractivity contribution in [3.63, 3.8) is 0 Å². The summed E-state index contributed by atoms with van der Waals surface area (Å²) in [6.07, 6.45) is -1.64. The third-order valence-corrected chi connectivity index (χ3v) is 8.54. The van der Waals surface area contributed by atoms with Gasteiger partial charge in [0, 0.05) is 47.7 Å². The molecular weight excluding hydrogens is 611 g/mol. The molecule has 2 aromatic heterocycles. The summed E-state index contributed by atoms with van der Waals surface area (Å²) < 4.78 is 40.4. The molecule has 1 atom stereocenters. The van der Waals surface area contributed by atoms with Gasteiger partial charge in [-0.2, -0.15) is 13.2 Å². The molecule has 45 heavy (non-hydrogen) atoms. The number of hydrogen-bond acceptors (Lipinski definition) is 8. The number of aliphatic hydroxyl groups excluding tert-OH is 1. The third-order valence-electron chi connectivity index (χ3n) is 7.66. The van der Waals surface area contributed by atoms with Crippen LogP contribution < -0.4 is 16.1 Å². The lowest BCUT2D eigenvalue weighted by molar-refractivity contribution is -0.140. The fourth-order valence-corrected chi connectivity index (χ4v) is 6.45. The number of piperidine rings is 1. The zero-order valence-electron chi connectivity index (χ0n) is 24.1. The van der Waals surface area contributed by atoms with Gasteiger partial charge in [-0.15, -0.1) is 11.3 Å². The Morgan fingerprint density at radius 2 is 1.93 bits per heavy atom. The van der Waals surface area contributed by atoms with Gasteiger partial charge in [-0.05, 0) is 66.9 Å². The second-order valence-electron chi connectivity index (χ2n) is 10.6. The van der Waals surface area contributed by atoms with Gasteiger partial charge in [-0.3, -0.25) is 10.1 Å². The number of anilines is 1. The fraction of sp³-hybridized carbons (Fsp3) is 0.323. The number of hydrogen-bond donors (Lipinski definition) is 4. The maximum atomic E-state index is 13.6. The third kappa shape index (κ3) is 6.97. The first-order valence-corrected chi connectivity index (χ1v) is 15.1. The van der Waals surface area contributed by atoms with Gasteiger partial charge in [-0.25, -0.2) is 19.6 Å². The van der Waals surface area contributed by atoms with Crippen molar-refractivity contribution in [1.82, 2.24) is 20.2 Å². The maximum Gasteiger partial charge on any atom is 0.434 e. The van der Waals surface area contributed by atoms with E-state index in [1.54, 1.807) is 25.1 Å². The largest absolute Gasteiger partial charge is 0.478 e. The Morgan fingerprint density at radius 3 is 2.62 bits per heavy atom. The summed E-state index contributed by atoms with van der Waals surface area (Å²) in [6, 6.07) is 8.78. The number of nitrogens with zero attached hydrogens (tertiary/aromatic N) is 3. The highest BCUT2D eigenvalue weighted by molar-refractivity contribution is 7.13. The molecule has 1 aliphatic rings. The second kappa shape index (κ2) is 13.3. The lowest BCUT2D eigenvalue weighted by Gasteiger charge is -2.32. The molecule has 2 aromatic carbocycles. The molecule has 3 heterocycles. The molecule has 14 heteroatoms. The average Bonchev–Trinajstić information content (AvgIpc) is 3.45. The highest BCUT2D eigenvalue weighted by Gasteiger charge is 2.34. The van der Waals surface area contributed by atoms with Gasteiger partial charge in [0.05, 0.1) is 6.61 Å². The van der Waals surface area contributed by atoms with Gasteiger partial charge in [0.1, 0.15) is 16.4 Å². The first kappa shape index (κ1) is 32.0. The monoisotopic (exact) mass is 641 g/mol. The number of aliphatic hydroxyl groups is 1. The number of carbonyl (C=O) groups excluding carboxylic acids is 1. The van der Waals surface area contributed by atoms with Crippen molar-refractivity contribution >= 4 is 39.9 Å². The van der Waals surface area contributed by atoms with Crippen molar-refractivity contribution in [2.24, 2.45) is 0 Å². The Bertz CT molecular complexity index is 1810. The molecule has 0 bridgehead atoms. The van der Waals surface area contributed by atoms with E-state index in [1.165, 1.54) is 24.4 Å². The van der Waals surface area contributed by atoms with E-state index in [9.17, 15) is 37.8 Å². The molecule has 4 aromatic rings. The van der Waals surface area contributed by atoms with Crippen LogP contribution in [-0.2, 0) is 6.18 Å². The topological polar surface area (TPSA) is 145 Å². The number of aromatic nitrogens is 2. The summed E-state index contributed by atoms with van der Waals surface area (Å²) in [5.41, 5.74) is -0.443. The lowest BCUT2D eigenvalue weighted by atomic mass is 9.88. The molecule has 0 spiro atoms. The van der Waals surface area contributed by atoms with Crippen molar-refractivity contribution in [3.8, 4) is 21.7 Å². The van der Waals surface area contributed by atoms with Crippen molar-refractivity contribution < 1.29 is 33.0 Å². The standard InChI is InChI=1S/C31H30F3N5O5S/c1-2-35-30(44)38-26-13-23(28-37-25(16-45-28)31(32,33)34)24(14-36-26)17-5-6-20-19(18-4-3-9-39(15-18)10-11-40)7-8-21(29(42)43)27(41)22(20)12-17/h5-8,12-14,16,18,40H,2-4,9-11,15H2,1H3,(H,42,43)(H2,35,36,38,44). The van der Waals surface area contributed by atoms with Crippen molar-refractivity contribution in [2.75, 3.05) is 38.1 Å².